The van der Waals surface area contributed by atoms with Crippen LogP contribution in [0.3, 0.4) is 0 Å². The minimum atomic E-state index is -0.654. The lowest BCUT2D eigenvalue weighted by Gasteiger charge is -2.34. The summed E-state index contributed by atoms with van der Waals surface area (Å²) in [6, 6.07) is -0.238. The highest BCUT2D eigenvalue weighted by molar-refractivity contribution is 4.97. The Balaban J connectivity index is 2.08. The molecule has 2 aliphatic heterocycles. The molecule has 0 bridgehead atoms. The van der Waals surface area contributed by atoms with Gasteiger partial charge in [-0.3, -0.25) is 10.6 Å². The Labute approximate surface area is 63.9 Å². The summed E-state index contributed by atoms with van der Waals surface area (Å²) in [5, 5.41) is 24.7. The molecular weight excluding hydrogens is 148 g/mol. The van der Waals surface area contributed by atoms with Crippen molar-refractivity contribution in [2.75, 3.05) is 6.67 Å². The standard InChI is InChI=1S/C5H12N4O2/c10-4-2-3(7-1-6-2)5(11)9-8-4/h2-11H,1H2. The van der Waals surface area contributed by atoms with Gasteiger partial charge in [-0.2, -0.15) is 0 Å². The first kappa shape index (κ1) is 7.41. The normalized spacial score (nSPS) is 50.7. The largest absolute Gasteiger partial charge is 0.376 e. The number of rotatable bonds is 0. The molecule has 0 spiro atoms. The minimum Gasteiger partial charge on any atom is -0.376 e. The molecule has 64 valence electrons. The number of hydrazine groups is 1. The van der Waals surface area contributed by atoms with E-state index in [4.69, 9.17) is 0 Å². The van der Waals surface area contributed by atoms with Gasteiger partial charge in [-0.25, -0.2) is 10.9 Å². The van der Waals surface area contributed by atoms with E-state index in [1.807, 2.05) is 0 Å². The average molecular weight is 160 g/mol. The van der Waals surface area contributed by atoms with E-state index in [0.29, 0.717) is 6.67 Å². The van der Waals surface area contributed by atoms with E-state index in [1.165, 1.54) is 0 Å². The molecule has 11 heavy (non-hydrogen) atoms. The first-order valence-corrected chi connectivity index (χ1v) is 3.63. The molecule has 0 aliphatic carbocycles. The zero-order chi connectivity index (χ0) is 7.84. The predicted molar refractivity (Wildman–Crippen MR) is 37.0 cm³/mol. The molecule has 0 radical (unpaired) electrons. The fraction of sp³-hybridized carbons (Fsp3) is 1.00. The van der Waals surface area contributed by atoms with Crippen LogP contribution in [0.2, 0.25) is 0 Å². The monoisotopic (exact) mass is 160 g/mol. The lowest BCUT2D eigenvalue weighted by Crippen LogP contribution is -2.68. The molecule has 4 unspecified atom stereocenters. The van der Waals surface area contributed by atoms with E-state index in [1.54, 1.807) is 0 Å². The van der Waals surface area contributed by atoms with Crippen molar-refractivity contribution in [3.8, 4) is 0 Å². The van der Waals surface area contributed by atoms with E-state index in [0.717, 1.165) is 0 Å². The molecule has 2 fully saturated rings. The van der Waals surface area contributed by atoms with E-state index in [2.05, 4.69) is 21.5 Å². The molecule has 0 amide bonds. The average Bonchev–Trinajstić information content (AvgIpc) is 2.45. The summed E-state index contributed by atoms with van der Waals surface area (Å²) in [5.74, 6) is 0. The third-order valence-electron chi connectivity index (χ3n) is 2.12. The molecule has 2 rings (SSSR count). The van der Waals surface area contributed by atoms with Gasteiger partial charge in [0.15, 0.2) is 0 Å². The Morgan fingerprint density at radius 3 is 1.82 bits per heavy atom. The zero-order valence-electron chi connectivity index (χ0n) is 5.91. The zero-order valence-corrected chi connectivity index (χ0v) is 5.91. The maximum absolute atomic E-state index is 9.31. The molecule has 4 atom stereocenters. The van der Waals surface area contributed by atoms with Crippen LogP contribution in [0.4, 0.5) is 0 Å². The second kappa shape index (κ2) is 2.67. The number of nitrogens with one attached hydrogen (secondary N) is 4. The van der Waals surface area contributed by atoms with Crippen molar-refractivity contribution in [1.82, 2.24) is 21.5 Å². The minimum absolute atomic E-state index is 0.119. The van der Waals surface area contributed by atoms with Gasteiger partial charge in [0.25, 0.3) is 0 Å². The van der Waals surface area contributed by atoms with Crippen molar-refractivity contribution < 1.29 is 10.2 Å². The number of hydrogen-bond acceptors (Lipinski definition) is 6. The molecule has 0 saturated carbocycles. The van der Waals surface area contributed by atoms with Crippen LogP contribution in [0.25, 0.3) is 0 Å². The van der Waals surface area contributed by atoms with Crippen molar-refractivity contribution in [3.63, 3.8) is 0 Å². The maximum atomic E-state index is 9.31. The van der Waals surface area contributed by atoms with Crippen LogP contribution in [-0.2, 0) is 0 Å². The molecule has 2 aliphatic rings. The smallest absolute Gasteiger partial charge is 0.134 e. The van der Waals surface area contributed by atoms with E-state index in [-0.39, 0.29) is 12.1 Å². The first-order chi connectivity index (χ1) is 5.29. The number of hydrogen-bond donors (Lipinski definition) is 6. The summed E-state index contributed by atoms with van der Waals surface area (Å²) in [7, 11) is 0. The van der Waals surface area contributed by atoms with Crippen molar-refractivity contribution >= 4 is 0 Å². The van der Waals surface area contributed by atoms with Gasteiger partial charge in [-0.05, 0) is 0 Å². The molecule has 6 heteroatoms. The highest BCUT2D eigenvalue weighted by atomic mass is 16.3. The van der Waals surface area contributed by atoms with Crippen LogP contribution in [0.15, 0.2) is 0 Å². The summed E-state index contributed by atoms with van der Waals surface area (Å²) >= 11 is 0. The summed E-state index contributed by atoms with van der Waals surface area (Å²) in [5.41, 5.74) is 5.11. The lowest BCUT2D eigenvalue weighted by atomic mass is 10.1. The number of aliphatic hydroxyl groups is 2. The molecule has 6 nitrogen and oxygen atoms in total. The van der Waals surface area contributed by atoms with Crippen molar-refractivity contribution in [2.24, 2.45) is 0 Å². The summed E-state index contributed by atoms with van der Waals surface area (Å²) in [4.78, 5) is 0. The SMILES string of the molecule is OC1NNC(O)C2NCNC12. The Hall–Kier alpha value is -0.240. The Morgan fingerprint density at radius 1 is 0.909 bits per heavy atom. The summed E-state index contributed by atoms with van der Waals surface area (Å²) < 4.78 is 0. The molecule has 6 N–H and O–H groups in total. The fourth-order valence-corrected chi connectivity index (χ4v) is 1.51. The fourth-order valence-electron chi connectivity index (χ4n) is 1.51. The second-order valence-corrected chi connectivity index (χ2v) is 2.81. The Morgan fingerprint density at radius 2 is 1.36 bits per heavy atom. The predicted octanol–water partition coefficient (Wildman–Crippen LogP) is -3.38. The topological polar surface area (TPSA) is 88.6 Å². The molecule has 2 saturated heterocycles. The van der Waals surface area contributed by atoms with Crippen LogP contribution in [0.5, 0.6) is 0 Å². The van der Waals surface area contributed by atoms with Gasteiger partial charge in [-0.1, -0.05) is 0 Å². The summed E-state index contributed by atoms with van der Waals surface area (Å²) in [6.07, 6.45) is -1.31. The van der Waals surface area contributed by atoms with Crippen molar-refractivity contribution in [2.45, 2.75) is 24.5 Å². The second-order valence-electron chi connectivity index (χ2n) is 2.81. The van der Waals surface area contributed by atoms with Crippen LogP contribution in [0, 0.1) is 0 Å². The van der Waals surface area contributed by atoms with Gasteiger partial charge in [0.05, 0.1) is 12.1 Å². The first-order valence-electron chi connectivity index (χ1n) is 3.63. The maximum Gasteiger partial charge on any atom is 0.134 e. The van der Waals surface area contributed by atoms with Gasteiger partial charge < -0.3 is 10.2 Å². The van der Waals surface area contributed by atoms with Crippen LogP contribution < -0.4 is 21.5 Å². The highest BCUT2D eigenvalue weighted by Gasteiger charge is 2.40. The number of aliphatic hydroxyl groups excluding tert-OH is 2. The van der Waals surface area contributed by atoms with Crippen molar-refractivity contribution in [3.05, 3.63) is 0 Å². The van der Waals surface area contributed by atoms with E-state index in [9.17, 15) is 10.2 Å². The van der Waals surface area contributed by atoms with Gasteiger partial charge in [0, 0.05) is 6.67 Å². The van der Waals surface area contributed by atoms with Crippen LogP contribution in [-0.4, -0.2) is 41.4 Å². The molecule has 2 heterocycles. The molecule has 0 aromatic heterocycles. The molecule has 0 aromatic carbocycles. The van der Waals surface area contributed by atoms with Gasteiger partial charge >= 0.3 is 0 Å². The molecular formula is C5H12N4O2. The van der Waals surface area contributed by atoms with Crippen molar-refractivity contribution in [1.29, 1.82) is 0 Å². The van der Waals surface area contributed by atoms with Gasteiger partial charge in [0.2, 0.25) is 0 Å². The number of fused-ring (bicyclic) bond motifs is 1. The summed E-state index contributed by atoms with van der Waals surface area (Å²) in [6.45, 7) is 0.618. The third-order valence-corrected chi connectivity index (χ3v) is 2.12. The van der Waals surface area contributed by atoms with E-state index >= 15 is 0 Å². The Bertz CT molecular complexity index is 139. The van der Waals surface area contributed by atoms with E-state index < -0.39 is 12.5 Å². The van der Waals surface area contributed by atoms with Gasteiger partial charge in [0.1, 0.15) is 12.5 Å². The van der Waals surface area contributed by atoms with Crippen LogP contribution >= 0.6 is 0 Å². The van der Waals surface area contributed by atoms with Crippen LogP contribution in [0.1, 0.15) is 0 Å². The Kier molecular flexibility index (Phi) is 1.80. The lowest BCUT2D eigenvalue weighted by molar-refractivity contribution is -0.0308. The highest BCUT2D eigenvalue weighted by Crippen LogP contribution is 2.09. The third kappa shape index (κ3) is 1.13. The molecule has 0 aromatic rings. The van der Waals surface area contributed by atoms with Gasteiger partial charge in [-0.15, -0.1) is 0 Å². The quantitative estimate of drug-likeness (QED) is 0.222.